The van der Waals surface area contributed by atoms with Crippen LogP contribution >= 0.6 is 0 Å². The fraction of sp³-hybridized carbons (Fsp3) is 0.481. The van der Waals surface area contributed by atoms with E-state index in [4.69, 9.17) is 0 Å². The average Bonchev–Trinajstić information content (AvgIpc) is 2.73. The molecule has 1 N–H and O–H groups in total. The first-order valence-electron chi connectivity index (χ1n) is 11.1. The van der Waals surface area contributed by atoms with Crippen LogP contribution in [0.15, 0.2) is 61.2 Å². The molecule has 0 spiro atoms. The van der Waals surface area contributed by atoms with Crippen molar-refractivity contribution in [2.45, 2.75) is 77.7 Å². The Kier molecular flexibility index (Phi) is 10.1. The SMILES string of the molecule is C=C(c1ccccc1)[C@H](CCCCCCCCCC)[C@H](O)c1ccccc1C. The smallest absolute Gasteiger partial charge is 0.0861 e. The van der Waals surface area contributed by atoms with Crippen LogP contribution in [-0.4, -0.2) is 5.11 Å². The van der Waals surface area contributed by atoms with Gasteiger partial charge in [-0.05, 0) is 35.6 Å². The second-order valence-electron chi connectivity index (χ2n) is 8.06. The molecule has 0 radical (unpaired) electrons. The summed E-state index contributed by atoms with van der Waals surface area (Å²) in [6.45, 7) is 8.73. The molecule has 0 fully saturated rings. The summed E-state index contributed by atoms with van der Waals surface area (Å²) in [7, 11) is 0. The molecule has 0 aliphatic heterocycles. The summed E-state index contributed by atoms with van der Waals surface area (Å²) >= 11 is 0. The van der Waals surface area contributed by atoms with Crippen molar-refractivity contribution in [1.29, 1.82) is 0 Å². The number of hydrogen-bond acceptors (Lipinski definition) is 1. The Hall–Kier alpha value is -1.86. The molecule has 0 saturated carbocycles. The van der Waals surface area contributed by atoms with Crippen LogP contribution in [0.25, 0.3) is 5.57 Å². The van der Waals surface area contributed by atoms with Crippen molar-refractivity contribution < 1.29 is 5.11 Å². The molecule has 2 aromatic carbocycles. The Morgan fingerprint density at radius 1 is 0.821 bits per heavy atom. The van der Waals surface area contributed by atoms with Gasteiger partial charge in [-0.1, -0.05) is 119 Å². The largest absolute Gasteiger partial charge is 0.388 e. The number of rotatable bonds is 13. The maximum absolute atomic E-state index is 11.2. The van der Waals surface area contributed by atoms with Gasteiger partial charge in [-0.2, -0.15) is 0 Å². The fourth-order valence-corrected chi connectivity index (χ4v) is 4.02. The molecule has 2 atom stereocenters. The van der Waals surface area contributed by atoms with Crippen molar-refractivity contribution in [1.82, 2.24) is 0 Å². The van der Waals surface area contributed by atoms with E-state index in [0.717, 1.165) is 35.1 Å². The predicted octanol–water partition coefficient (Wildman–Crippen LogP) is 7.89. The van der Waals surface area contributed by atoms with Crippen molar-refractivity contribution in [3.05, 3.63) is 77.9 Å². The first-order chi connectivity index (χ1) is 13.6. The van der Waals surface area contributed by atoms with E-state index in [9.17, 15) is 5.11 Å². The third-order valence-corrected chi connectivity index (χ3v) is 5.85. The Bertz CT molecular complexity index is 688. The monoisotopic (exact) mass is 378 g/mol. The molecule has 0 amide bonds. The van der Waals surface area contributed by atoms with E-state index < -0.39 is 6.10 Å². The molecule has 1 nitrogen and oxygen atoms in total. The first kappa shape index (κ1) is 22.4. The highest BCUT2D eigenvalue weighted by Gasteiger charge is 2.25. The highest BCUT2D eigenvalue weighted by atomic mass is 16.3. The van der Waals surface area contributed by atoms with Gasteiger partial charge in [0.15, 0.2) is 0 Å². The summed E-state index contributed by atoms with van der Waals surface area (Å²) in [6.07, 6.45) is 10.9. The van der Waals surface area contributed by atoms with Gasteiger partial charge in [-0.3, -0.25) is 0 Å². The van der Waals surface area contributed by atoms with Gasteiger partial charge in [0.1, 0.15) is 0 Å². The van der Waals surface area contributed by atoms with Crippen molar-refractivity contribution in [2.24, 2.45) is 5.92 Å². The van der Waals surface area contributed by atoms with E-state index in [1.807, 2.05) is 30.3 Å². The molecule has 0 aromatic heterocycles. The zero-order chi connectivity index (χ0) is 20.2. The van der Waals surface area contributed by atoms with E-state index >= 15 is 0 Å². The van der Waals surface area contributed by atoms with Crippen LogP contribution in [-0.2, 0) is 0 Å². The van der Waals surface area contributed by atoms with Crippen LogP contribution < -0.4 is 0 Å². The van der Waals surface area contributed by atoms with Crippen molar-refractivity contribution in [2.75, 3.05) is 0 Å². The third-order valence-electron chi connectivity index (χ3n) is 5.85. The molecule has 152 valence electrons. The topological polar surface area (TPSA) is 20.2 Å². The molecule has 0 saturated heterocycles. The standard InChI is InChI=1S/C27H38O/c1-4-5-6-7-8-9-10-14-21-26(23(3)24-18-12-11-13-19-24)27(28)25-20-16-15-17-22(25)2/h11-13,15-20,26-28H,3-10,14,21H2,1-2H3/t26-,27+/m0/s1. The van der Waals surface area contributed by atoms with E-state index in [1.54, 1.807) is 0 Å². The zero-order valence-electron chi connectivity index (χ0n) is 17.9. The van der Waals surface area contributed by atoms with Crippen molar-refractivity contribution in [3.8, 4) is 0 Å². The number of aliphatic hydroxyl groups is 1. The number of aliphatic hydroxyl groups excluding tert-OH is 1. The lowest BCUT2D eigenvalue weighted by Gasteiger charge is -2.27. The summed E-state index contributed by atoms with van der Waals surface area (Å²) in [5.41, 5.74) is 4.37. The molecular formula is C27H38O. The van der Waals surface area contributed by atoms with Gasteiger partial charge in [-0.25, -0.2) is 0 Å². The van der Waals surface area contributed by atoms with Gasteiger partial charge in [0, 0.05) is 5.92 Å². The summed E-state index contributed by atoms with van der Waals surface area (Å²) in [6, 6.07) is 18.5. The Balaban J connectivity index is 1.99. The van der Waals surface area contributed by atoms with Gasteiger partial charge < -0.3 is 5.11 Å². The van der Waals surface area contributed by atoms with Crippen LogP contribution in [0.5, 0.6) is 0 Å². The van der Waals surface area contributed by atoms with Crippen molar-refractivity contribution >= 4 is 5.57 Å². The Morgan fingerprint density at radius 3 is 2.04 bits per heavy atom. The van der Waals surface area contributed by atoms with Crippen molar-refractivity contribution in [3.63, 3.8) is 0 Å². The lowest BCUT2D eigenvalue weighted by Crippen LogP contribution is -2.15. The van der Waals surface area contributed by atoms with Gasteiger partial charge in [-0.15, -0.1) is 0 Å². The number of hydrogen-bond donors (Lipinski definition) is 1. The summed E-state index contributed by atoms with van der Waals surface area (Å²) in [5.74, 6) is 0.0589. The normalized spacial score (nSPS) is 13.2. The second kappa shape index (κ2) is 12.6. The van der Waals surface area contributed by atoms with Crippen LogP contribution in [0, 0.1) is 12.8 Å². The van der Waals surface area contributed by atoms with Crippen LogP contribution in [0.3, 0.4) is 0 Å². The van der Waals surface area contributed by atoms with Crippen LogP contribution in [0.1, 0.15) is 87.5 Å². The Morgan fingerprint density at radius 2 is 1.39 bits per heavy atom. The molecule has 0 aliphatic rings. The minimum atomic E-state index is -0.501. The van der Waals surface area contributed by atoms with Crippen LogP contribution in [0.2, 0.25) is 0 Å². The molecule has 28 heavy (non-hydrogen) atoms. The number of aryl methyl sites for hydroxylation is 1. The predicted molar refractivity (Wildman–Crippen MR) is 122 cm³/mol. The lowest BCUT2D eigenvalue weighted by molar-refractivity contribution is 0.129. The Labute approximate surface area is 172 Å². The molecule has 0 unspecified atom stereocenters. The highest BCUT2D eigenvalue weighted by Crippen LogP contribution is 2.37. The maximum Gasteiger partial charge on any atom is 0.0861 e. The highest BCUT2D eigenvalue weighted by molar-refractivity contribution is 5.66. The molecule has 0 aliphatic carbocycles. The number of benzene rings is 2. The first-order valence-corrected chi connectivity index (χ1v) is 11.1. The third kappa shape index (κ3) is 6.95. The van der Waals surface area contributed by atoms with Gasteiger partial charge in [0.2, 0.25) is 0 Å². The lowest BCUT2D eigenvalue weighted by atomic mass is 9.81. The average molecular weight is 379 g/mol. The minimum absolute atomic E-state index is 0.0589. The molecule has 1 heteroatoms. The van der Waals surface area contributed by atoms with Crippen LogP contribution in [0.4, 0.5) is 0 Å². The zero-order valence-corrected chi connectivity index (χ0v) is 17.9. The summed E-state index contributed by atoms with van der Waals surface area (Å²) in [5, 5.41) is 11.2. The molecule has 2 aromatic rings. The van der Waals surface area contributed by atoms with E-state index in [1.165, 1.54) is 44.9 Å². The van der Waals surface area contributed by atoms with E-state index in [0.29, 0.717) is 0 Å². The summed E-state index contributed by atoms with van der Waals surface area (Å²) in [4.78, 5) is 0. The van der Waals surface area contributed by atoms with Gasteiger partial charge in [0.05, 0.1) is 6.10 Å². The van der Waals surface area contributed by atoms with E-state index in [-0.39, 0.29) is 5.92 Å². The number of unbranched alkanes of at least 4 members (excludes halogenated alkanes) is 7. The minimum Gasteiger partial charge on any atom is -0.388 e. The van der Waals surface area contributed by atoms with Gasteiger partial charge in [0.25, 0.3) is 0 Å². The van der Waals surface area contributed by atoms with Gasteiger partial charge >= 0.3 is 0 Å². The molecule has 0 heterocycles. The maximum atomic E-state index is 11.2. The molecular weight excluding hydrogens is 340 g/mol. The fourth-order valence-electron chi connectivity index (χ4n) is 4.02. The second-order valence-corrected chi connectivity index (χ2v) is 8.06. The summed E-state index contributed by atoms with van der Waals surface area (Å²) < 4.78 is 0. The quantitative estimate of drug-likeness (QED) is 0.351. The van der Waals surface area contributed by atoms with E-state index in [2.05, 4.69) is 44.7 Å². The molecule has 2 rings (SSSR count). The molecule has 0 bridgehead atoms.